The number of hydrogen-bond donors (Lipinski definition) is 1. The van der Waals surface area contributed by atoms with Crippen LogP contribution in [0.5, 0.6) is 0 Å². The fraction of sp³-hybridized carbons (Fsp3) is 0.320. The molecule has 2 aromatic carbocycles. The lowest BCUT2D eigenvalue weighted by molar-refractivity contribution is -0.122. The second-order valence-electron chi connectivity index (χ2n) is 8.33. The maximum absolute atomic E-state index is 13.5. The number of aryl methyl sites for hydroxylation is 1. The number of likely N-dealkylation sites (N-methyl/N-ethyl adjacent to an activating group) is 1. The van der Waals surface area contributed by atoms with Crippen molar-refractivity contribution in [2.45, 2.75) is 18.6 Å². The monoisotopic (exact) mass is 461 g/mol. The summed E-state index contributed by atoms with van der Waals surface area (Å²) in [7, 11) is 2.04. The van der Waals surface area contributed by atoms with Crippen LogP contribution >= 0.6 is 11.8 Å². The van der Waals surface area contributed by atoms with Crippen LogP contribution in [0.15, 0.2) is 65.2 Å². The molecule has 1 N–H and O–H groups in total. The van der Waals surface area contributed by atoms with Gasteiger partial charge in [-0.25, -0.2) is 5.01 Å². The van der Waals surface area contributed by atoms with E-state index in [-0.39, 0.29) is 11.5 Å². The van der Waals surface area contributed by atoms with Gasteiger partial charge in [-0.3, -0.25) is 19.9 Å². The van der Waals surface area contributed by atoms with Crippen molar-refractivity contribution in [3.05, 3.63) is 76.3 Å². The average Bonchev–Trinajstić information content (AvgIpc) is 3.12. The van der Waals surface area contributed by atoms with Gasteiger partial charge in [0.25, 0.3) is 5.91 Å². The molecule has 0 saturated carbocycles. The molecule has 170 valence electrons. The van der Waals surface area contributed by atoms with Gasteiger partial charge < -0.3 is 4.90 Å². The van der Waals surface area contributed by atoms with Crippen molar-refractivity contribution in [2.75, 3.05) is 38.1 Å². The normalized spacial score (nSPS) is 21.1. The topological polar surface area (TPSA) is 79.7 Å². The Morgan fingerprint density at radius 2 is 1.85 bits per heavy atom. The third kappa shape index (κ3) is 5.28. The first-order valence-corrected chi connectivity index (χ1v) is 11.8. The molecule has 2 aliphatic rings. The summed E-state index contributed by atoms with van der Waals surface area (Å²) in [4.78, 5) is 30.3. The zero-order chi connectivity index (χ0) is 23.4. The van der Waals surface area contributed by atoms with E-state index in [0.717, 1.165) is 24.2 Å². The number of nitrogens with zero attached hydrogens (tertiary/aromatic N) is 4. The molecule has 1 unspecified atom stereocenters. The Bertz CT molecular complexity index is 1100. The summed E-state index contributed by atoms with van der Waals surface area (Å²) in [5.74, 6) is -0.600. The van der Waals surface area contributed by atoms with Crippen molar-refractivity contribution in [1.82, 2.24) is 15.3 Å². The van der Waals surface area contributed by atoms with Crippen molar-refractivity contribution in [3.8, 4) is 6.07 Å². The molecule has 0 aliphatic carbocycles. The molecule has 4 rings (SSSR count). The molecule has 0 spiro atoms. The number of carbonyl (C=O) groups is 2. The third-order valence-electron chi connectivity index (χ3n) is 5.79. The van der Waals surface area contributed by atoms with Crippen LogP contribution in [0.25, 0.3) is 0 Å². The van der Waals surface area contributed by atoms with Crippen LogP contribution < -0.4 is 10.3 Å². The quantitative estimate of drug-likeness (QED) is 0.545. The van der Waals surface area contributed by atoms with Gasteiger partial charge in [0.1, 0.15) is 16.7 Å². The van der Waals surface area contributed by atoms with Crippen LogP contribution in [0.2, 0.25) is 0 Å². The first kappa shape index (κ1) is 23.1. The summed E-state index contributed by atoms with van der Waals surface area (Å²) in [6.07, 6.45) is 0.525. The van der Waals surface area contributed by atoms with Gasteiger partial charge in [-0.1, -0.05) is 59.8 Å². The highest BCUT2D eigenvalue weighted by atomic mass is 32.2. The molecular weight excluding hydrogens is 434 g/mol. The van der Waals surface area contributed by atoms with E-state index in [9.17, 15) is 14.9 Å². The highest BCUT2D eigenvalue weighted by molar-refractivity contribution is 8.05. The zero-order valence-corrected chi connectivity index (χ0v) is 19.6. The second-order valence-corrected chi connectivity index (χ2v) is 9.52. The minimum atomic E-state index is -0.477. The first-order chi connectivity index (χ1) is 16.0. The largest absolute Gasteiger partial charge is 0.304 e. The molecule has 2 amide bonds. The van der Waals surface area contributed by atoms with Gasteiger partial charge in [-0.05, 0) is 38.1 Å². The van der Waals surface area contributed by atoms with Crippen molar-refractivity contribution < 1.29 is 9.59 Å². The van der Waals surface area contributed by atoms with E-state index in [0.29, 0.717) is 30.2 Å². The van der Waals surface area contributed by atoms with Crippen molar-refractivity contribution in [2.24, 2.45) is 0 Å². The molecule has 8 heteroatoms. The minimum absolute atomic E-state index is 0.0390. The molecular formula is C25H27N5O2S. The summed E-state index contributed by atoms with van der Waals surface area (Å²) < 4.78 is 0. The van der Waals surface area contributed by atoms with E-state index in [1.54, 1.807) is 0 Å². The lowest BCUT2D eigenvalue weighted by atomic mass is 10.1. The highest BCUT2D eigenvalue weighted by Crippen LogP contribution is 2.41. The molecule has 1 atom stereocenters. The van der Waals surface area contributed by atoms with Gasteiger partial charge in [-0.15, -0.1) is 0 Å². The third-order valence-corrected chi connectivity index (χ3v) is 7.05. The number of nitriles is 1. The molecule has 0 radical (unpaired) electrons. The summed E-state index contributed by atoms with van der Waals surface area (Å²) in [6, 6.07) is 19.3. The Hall–Kier alpha value is -3.12. The summed E-state index contributed by atoms with van der Waals surface area (Å²) in [5, 5.41) is 11.7. The van der Waals surface area contributed by atoms with Gasteiger partial charge in [0.15, 0.2) is 0 Å². The molecule has 33 heavy (non-hydrogen) atoms. The van der Waals surface area contributed by atoms with Gasteiger partial charge in [0.05, 0.1) is 5.25 Å². The first-order valence-electron chi connectivity index (χ1n) is 11.0. The Kier molecular flexibility index (Phi) is 7.14. The maximum Gasteiger partial charge on any atom is 0.278 e. The van der Waals surface area contributed by atoms with Crippen LogP contribution in [0.1, 0.15) is 11.1 Å². The van der Waals surface area contributed by atoms with Gasteiger partial charge in [0, 0.05) is 31.9 Å². The van der Waals surface area contributed by atoms with E-state index in [1.807, 2.05) is 67.5 Å². The molecule has 2 saturated heterocycles. The SMILES string of the molecule is Cc1cccc(CC2S/C(=C(\C#N)C(=O)NN3CCN(C)CC3)N(c3ccccc3)C2=O)c1. The predicted molar refractivity (Wildman–Crippen MR) is 130 cm³/mol. The minimum Gasteiger partial charge on any atom is -0.304 e. The van der Waals surface area contributed by atoms with E-state index >= 15 is 0 Å². The fourth-order valence-electron chi connectivity index (χ4n) is 3.97. The number of benzene rings is 2. The molecule has 2 heterocycles. The number of nitrogens with one attached hydrogen (secondary N) is 1. The molecule has 2 aromatic rings. The standard InChI is InChI=1S/C25H27N5O2S/c1-18-7-6-8-19(15-18)16-22-24(32)30(20-9-4-3-5-10-20)25(33-22)21(17-26)23(31)27-29-13-11-28(2)12-14-29/h3-10,15,22H,11-14,16H2,1-2H3,(H,27,31)/b25-21+. The number of hydrazine groups is 1. The van der Waals surface area contributed by atoms with Crippen LogP contribution in [0.3, 0.4) is 0 Å². The van der Waals surface area contributed by atoms with E-state index in [4.69, 9.17) is 0 Å². The van der Waals surface area contributed by atoms with Crippen LogP contribution in [0.4, 0.5) is 5.69 Å². The fourth-order valence-corrected chi connectivity index (χ4v) is 5.28. The molecule has 2 fully saturated rings. The van der Waals surface area contributed by atoms with E-state index in [2.05, 4.69) is 22.5 Å². The molecule has 0 aromatic heterocycles. The zero-order valence-electron chi connectivity index (χ0n) is 18.8. The number of amides is 2. The Labute approximate surface area is 198 Å². The average molecular weight is 462 g/mol. The number of rotatable bonds is 5. The van der Waals surface area contributed by atoms with Gasteiger partial charge in [-0.2, -0.15) is 5.26 Å². The van der Waals surface area contributed by atoms with E-state index < -0.39 is 11.2 Å². The van der Waals surface area contributed by atoms with Crippen LogP contribution in [0, 0.1) is 18.3 Å². The number of piperazine rings is 1. The van der Waals surface area contributed by atoms with Crippen molar-refractivity contribution in [1.29, 1.82) is 5.26 Å². The van der Waals surface area contributed by atoms with Gasteiger partial charge >= 0.3 is 0 Å². The van der Waals surface area contributed by atoms with Crippen LogP contribution in [-0.4, -0.2) is 60.2 Å². The number of para-hydroxylation sites is 1. The Balaban J connectivity index is 1.64. The summed E-state index contributed by atoms with van der Waals surface area (Å²) in [5.41, 5.74) is 5.65. The second kappa shape index (κ2) is 10.2. The van der Waals surface area contributed by atoms with Gasteiger partial charge in [0.2, 0.25) is 5.91 Å². The number of thioether (sulfide) groups is 1. The molecule has 7 nitrogen and oxygen atoms in total. The van der Waals surface area contributed by atoms with Crippen LogP contribution in [-0.2, 0) is 16.0 Å². The molecule has 2 aliphatic heterocycles. The lowest BCUT2D eigenvalue weighted by Crippen LogP contribution is -2.53. The smallest absolute Gasteiger partial charge is 0.278 e. The summed E-state index contributed by atoms with van der Waals surface area (Å²) >= 11 is 1.29. The highest BCUT2D eigenvalue weighted by Gasteiger charge is 2.41. The molecule has 0 bridgehead atoms. The Morgan fingerprint density at radius 1 is 1.12 bits per heavy atom. The Morgan fingerprint density at radius 3 is 2.52 bits per heavy atom. The van der Waals surface area contributed by atoms with E-state index in [1.165, 1.54) is 16.7 Å². The van der Waals surface area contributed by atoms with Crippen molar-refractivity contribution in [3.63, 3.8) is 0 Å². The predicted octanol–water partition coefficient (Wildman–Crippen LogP) is 2.70. The number of anilines is 1. The number of hydrogen-bond acceptors (Lipinski definition) is 6. The summed E-state index contributed by atoms with van der Waals surface area (Å²) in [6.45, 7) is 5.05. The number of carbonyl (C=O) groups excluding carboxylic acids is 2. The van der Waals surface area contributed by atoms with Crippen molar-refractivity contribution >= 4 is 29.3 Å². The lowest BCUT2D eigenvalue weighted by Gasteiger charge is -2.32. The maximum atomic E-state index is 13.5.